The number of hydrogen-bond donors (Lipinski definition) is 1. The maximum Gasteiger partial charge on any atom is 0.351 e. The molecule has 0 saturated heterocycles. The molecule has 0 unspecified atom stereocenters. The highest BCUT2D eigenvalue weighted by Crippen LogP contribution is 2.33. The zero-order valence-electron chi connectivity index (χ0n) is 10.9. The Morgan fingerprint density at radius 2 is 2.29 bits per heavy atom. The maximum absolute atomic E-state index is 11.5. The molecule has 0 atom stereocenters. The molecule has 0 fully saturated rings. The van der Waals surface area contributed by atoms with E-state index in [1.807, 2.05) is 0 Å². The van der Waals surface area contributed by atoms with Gasteiger partial charge in [-0.15, -0.1) is 11.3 Å². The summed E-state index contributed by atoms with van der Waals surface area (Å²) in [6, 6.07) is 8.68. The average molecular weight is 299 g/mol. The molecular weight excluding hydrogens is 290 g/mol. The molecule has 0 saturated carbocycles. The standard InChI is InChI=1S/C14H9N3O3S/c1-20-14(19)13-11(18)5-12(21-13)17-7-16-9-3-2-8(6-15)4-10(9)17/h2-5,7,18H,1H3. The number of methoxy groups -OCH3 is 1. The number of ether oxygens (including phenoxy) is 1. The molecular formula is C14H9N3O3S. The van der Waals surface area contributed by atoms with Gasteiger partial charge in [-0.2, -0.15) is 5.26 Å². The molecule has 6 nitrogen and oxygen atoms in total. The maximum atomic E-state index is 11.5. The third-order valence-electron chi connectivity index (χ3n) is 2.98. The summed E-state index contributed by atoms with van der Waals surface area (Å²) < 4.78 is 6.33. The van der Waals surface area contributed by atoms with E-state index < -0.39 is 5.97 Å². The Kier molecular flexibility index (Phi) is 3.08. The minimum Gasteiger partial charge on any atom is -0.506 e. The fraction of sp³-hybridized carbons (Fsp3) is 0.0714. The van der Waals surface area contributed by atoms with Gasteiger partial charge in [-0.25, -0.2) is 9.78 Å². The van der Waals surface area contributed by atoms with Gasteiger partial charge in [0, 0.05) is 6.07 Å². The van der Waals surface area contributed by atoms with Crippen LogP contribution in [0.15, 0.2) is 30.6 Å². The number of carbonyl (C=O) groups excluding carboxylic acids is 1. The summed E-state index contributed by atoms with van der Waals surface area (Å²) in [5.74, 6) is -0.731. The van der Waals surface area contributed by atoms with Crippen LogP contribution >= 0.6 is 11.3 Å². The van der Waals surface area contributed by atoms with Crippen molar-refractivity contribution in [3.8, 4) is 16.8 Å². The number of carbonyl (C=O) groups is 1. The van der Waals surface area contributed by atoms with Crippen molar-refractivity contribution in [3.63, 3.8) is 0 Å². The lowest BCUT2D eigenvalue weighted by molar-refractivity contribution is 0.0603. The molecule has 0 amide bonds. The van der Waals surface area contributed by atoms with Gasteiger partial charge in [0.05, 0.1) is 29.8 Å². The number of aromatic hydroxyl groups is 1. The van der Waals surface area contributed by atoms with Gasteiger partial charge in [0.2, 0.25) is 0 Å². The lowest BCUT2D eigenvalue weighted by atomic mass is 10.2. The molecule has 1 N–H and O–H groups in total. The van der Waals surface area contributed by atoms with Gasteiger partial charge < -0.3 is 9.84 Å². The lowest BCUT2D eigenvalue weighted by Crippen LogP contribution is -1.97. The molecule has 0 aliphatic rings. The minimum atomic E-state index is -0.592. The number of benzene rings is 1. The second-order valence-electron chi connectivity index (χ2n) is 4.22. The summed E-state index contributed by atoms with van der Waals surface area (Å²) in [4.78, 5) is 15.9. The smallest absolute Gasteiger partial charge is 0.351 e. The molecule has 2 aromatic heterocycles. The van der Waals surface area contributed by atoms with E-state index in [1.165, 1.54) is 13.2 Å². The Balaban J connectivity index is 2.17. The summed E-state index contributed by atoms with van der Waals surface area (Å²) in [6.45, 7) is 0. The van der Waals surface area contributed by atoms with Crippen LogP contribution in [0.3, 0.4) is 0 Å². The van der Waals surface area contributed by atoms with Crippen LogP contribution in [0.5, 0.6) is 5.75 Å². The van der Waals surface area contributed by atoms with Crippen LogP contribution < -0.4 is 0 Å². The predicted octanol–water partition coefficient (Wildman–Crippen LogP) is 2.45. The quantitative estimate of drug-likeness (QED) is 0.734. The number of imidazole rings is 1. The van der Waals surface area contributed by atoms with Gasteiger partial charge in [-0.05, 0) is 18.2 Å². The van der Waals surface area contributed by atoms with E-state index in [1.54, 1.807) is 29.1 Å². The van der Waals surface area contributed by atoms with Gasteiger partial charge in [-0.1, -0.05) is 0 Å². The predicted molar refractivity (Wildman–Crippen MR) is 76.7 cm³/mol. The van der Waals surface area contributed by atoms with Gasteiger partial charge in [0.1, 0.15) is 17.1 Å². The fourth-order valence-electron chi connectivity index (χ4n) is 1.98. The van der Waals surface area contributed by atoms with E-state index in [0.29, 0.717) is 10.6 Å². The number of nitrogens with zero attached hydrogens (tertiary/aromatic N) is 3. The highest BCUT2D eigenvalue weighted by atomic mass is 32.1. The fourth-order valence-corrected chi connectivity index (χ4v) is 2.93. The number of fused-ring (bicyclic) bond motifs is 1. The molecule has 3 aromatic rings. The van der Waals surface area contributed by atoms with Crippen LogP contribution in [0.2, 0.25) is 0 Å². The lowest BCUT2D eigenvalue weighted by Gasteiger charge is -1.99. The van der Waals surface area contributed by atoms with Crippen molar-refractivity contribution in [1.82, 2.24) is 9.55 Å². The van der Waals surface area contributed by atoms with Crippen LogP contribution in [0.4, 0.5) is 0 Å². The van der Waals surface area contributed by atoms with Crippen molar-refractivity contribution in [2.24, 2.45) is 0 Å². The Labute approximate surface area is 123 Å². The van der Waals surface area contributed by atoms with Crippen molar-refractivity contribution in [2.75, 3.05) is 7.11 Å². The molecule has 3 rings (SSSR count). The third kappa shape index (κ3) is 2.11. The molecule has 21 heavy (non-hydrogen) atoms. The molecule has 0 aliphatic heterocycles. The zero-order valence-corrected chi connectivity index (χ0v) is 11.7. The first-order valence-electron chi connectivity index (χ1n) is 5.92. The van der Waals surface area contributed by atoms with Crippen LogP contribution in [-0.2, 0) is 4.74 Å². The summed E-state index contributed by atoms with van der Waals surface area (Å²) in [5.41, 5.74) is 1.96. The van der Waals surface area contributed by atoms with Crippen molar-refractivity contribution < 1.29 is 14.6 Å². The monoisotopic (exact) mass is 299 g/mol. The van der Waals surface area contributed by atoms with E-state index in [4.69, 9.17) is 5.26 Å². The number of esters is 1. The summed E-state index contributed by atoms with van der Waals surface area (Å²) in [7, 11) is 1.26. The summed E-state index contributed by atoms with van der Waals surface area (Å²) in [5, 5.41) is 19.4. The van der Waals surface area contributed by atoms with E-state index in [2.05, 4.69) is 15.8 Å². The first-order valence-corrected chi connectivity index (χ1v) is 6.74. The normalized spacial score (nSPS) is 10.5. The first kappa shape index (κ1) is 13.1. The van der Waals surface area contributed by atoms with E-state index >= 15 is 0 Å². The highest BCUT2D eigenvalue weighted by molar-refractivity contribution is 7.16. The molecule has 7 heteroatoms. The SMILES string of the molecule is COC(=O)c1sc(-n2cnc3ccc(C#N)cc32)cc1O. The molecule has 0 bridgehead atoms. The second-order valence-corrected chi connectivity index (χ2v) is 5.25. The van der Waals surface area contributed by atoms with E-state index in [-0.39, 0.29) is 10.6 Å². The Morgan fingerprint density at radius 3 is 3.00 bits per heavy atom. The van der Waals surface area contributed by atoms with Gasteiger partial charge in [0.15, 0.2) is 4.88 Å². The molecule has 0 spiro atoms. The second kappa shape index (κ2) is 4.92. The Morgan fingerprint density at radius 1 is 1.48 bits per heavy atom. The molecule has 0 aliphatic carbocycles. The summed E-state index contributed by atoms with van der Waals surface area (Å²) in [6.07, 6.45) is 1.58. The van der Waals surface area contributed by atoms with Crippen molar-refractivity contribution in [2.45, 2.75) is 0 Å². The molecule has 0 radical (unpaired) electrons. The molecule has 1 aromatic carbocycles. The van der Waals surface area contributed by atoms with Crippen LogP contribution in [0.25, 0.3) is 16.0 Å². The van der Waals surface area contributed by atoms with Gasteiger partial charge in [-0.3, -0.25) is 4.57 Å². The number of thiophene rings is 1. The first-order chi connectivity index (χ1) is 10.1. The topological polar surface area (TPSA) is 88.1 Å². The molecule has 104 valence electrons. The average Bonchev–Trinajstić information content (AvgIpc) is 3.08. The number of aromatic nitrogens is 2. The third-order valence-corrected chi connectivity index (χ3v) is 4.09. The van der Waals surface area contributed by atoms with E-state index in [0.717, 1.165) is 22.4 Å². The van der Waals surface area contributed by atoms with Crippen molar-refractivity contribution >= 4 is 28.3 Å². The summed E-state index contributed by atoms with van der Waals surface area (Å²) >= 11 is 1.09. The van der Waals surface area contributed by atoms with Crippen molar-refractivity contribution in [3.05, 3.63) is 41.0 Å². The van der Waals surface area contributed by atoms with Crippen LogP contribution in [0, 0.1) is 11.3 Å². The van der Waals surface area contributed by atoms with Gasteiger partial charge in [0.25, 0.3) is 0 Å². The van der Waals surface area contributed by atoms with E-state index in [9.17, 15) is 9.90 Å². The zero-order chi connectivity index (χ0) is 15.0. The Bertz CT molecular complexity index is 889. The number of nitriles is 1. The van der Waals surface area contributed by atoms with Gasteiger partial charge >= 0.3 is 5.97 Å². The number of rotatable bonds is 2. The highest BCUT2D eigenvalue weighted by Gasteiger charge is 2.18. The largest absolute Gasteiger partial charge is 0.506 e. The Hall–Kier alpha value is -2.85. The number of hydrogen-bond acceptors (Lipinski definition) is 6. The molecule has 2 heterocycles. The van der Waals surface area contributed by atoms with Crippen molar-refractivity contribution in [1.29, 1.82) is 5.26 Å². The van der Waals surface area contributed by atoms with Crippen LogP contribution in [-0.4, -0.2) is 27.7 Å². The minimum absolute atomic E-state index is 0.130. The van der Waals surface area contributed by atoms with Crippen LogP contribution in [0.1, 0.15) is 15.2 Å².